The number of carbonyl (C=O) groups is 2. The number of ketones is 1. The molecular weight excluding hydrogens is 392 g/mol. The van der Waals surface area contributed by atoms with Crippen LogP contribution in [0, 0.1) is 11.8 Å². The fourth-order valence-electron chi connectivity index (χ4n) is 3.67. The summed E-state index contributed by atoms with van der Waals surface area (Å²) in [5, 5.41) is 3.46. The van der Waals surface area contributed by atoms with Gasteiger partial charge in [0.2, 0.25) is 10.0 Å². The van der Waals surface area contributed by atoms with E-state index < -0.39 is 10.0 Å². The molecule has 0 atom stereocenters. The van der Waals surface area contributed by atoms with Gasteiger partial charge in [0.15, 0.2) is 5.82 Å². The van der Waals surface area contributed by atoms with Crippen molar-refractivity contribution >= 4 is 38.4 Å². The predicted octanol–water partition coefficient (Wildman–Crippen LogP) is 2.15. The van der Waals surface area contributed by atoms with Crippen LogP contribution in [0.25, 0.3) is 10.9 Å². The quantitative estimate of drug-likeness (QED) is 0.770. The first-order valence-electron chi connectivity index (χ1n) is 9.65. The van der Waals surface area contributed by atoms with E-state index in [1.54, 1.807) is 31.3 Å². The van der Waals surface area contributed by atoms with Crippen LogP contribution in [-0.2, 0) is 14.8 Å². The van der Waals surface area contributed by atoms with Crippen molar-refractivity contribution in [2.24, 2.45) is 11.8 Å². The van der Waals surface area contributed by atoms with Crippen LogP contribution in [0.3, 0.4) is 0 Å². The lowest BCUT2D eigenvalue weighted by molar-refractivity contribution is -0.121. The van der Waals surface area contributed by atoms with Gasteiger partial charge in [-0.3, -0.25) is 18.9 Å². The molecule has 0 saturated heterocycles. The summed E-state index contributed by atoms with van der Waals surface area (Å²) >= 11 is 0. The zero-order chi connectivity index (χ0) is 21.2. The zero-order valence-electron chi connectivity index (χ0n) is 16.9. The lowest BCUT2D eigenvalue weighted by Gasteiger charge is -2.27. The number of sulfonamides is 1. The van der Waals surface area contributed by atoms with E-state index >= 15 is 0 Å². The van der Waals surface area contributed by atoms with E-state index in [9.17, 15) is 18.0 Å². The van der Waals surface area contributed by atoms with Gasteiger partial charge in [-0.15, -0.1) is 0 Å². The van der Waals surface area contributed by atoms with Crippen molar-refractivity contribution < 1.29 is 18.0 Å². The van der Waals surface area contributed by atoms with Gasteiger partial charge in [-0.2, -0.15) is 0 Å². The summed E-state index contributed by atoms with van der Waals surface area (Å²) < 4.78 is 25.1. The Balaban J connectivity index is 1.77. The zero-order valence-corrected chi connectivity index (χ0v) is 17.7. The Labute approximate surface area is 170 Å². The molecule has 2 heterocycles. The predicted molar refractivity (Wildman–Crippen MR) is 111 cm³/mol. The average molecular weight is 419 g/mol. The second-order valence-electron chi connectivity index (χ2n) is 7.67. The van der Waals surface area contributed by atoms with Crippen molar-refractivity contribution in [1.82, 2.24) is 15.3 Å². The Morgan fingerprint density at radius 1 is 1.24 bits per heavy atom. The number of hydrogen-bond acceptors (Lipinski definition) is 6. The number of rotatable bonds is 6. The Kier molecular flexibility index (Phi) is 6.16. The van der Waals surface area contributed by atoms with E-state index in [0.29, 0.717) is 23.4 Å². The third-order valence-electron chi connectivity index (χ3n) is 5.58. The third-order valence-corrected chi connectivity index (χ3v) is 6.75. The van der Waals surface area contributed by atoms with Gasteiger partial charge < -0.3 is 5.32 Å². The maximum Gasteiger partial charge on any atom is 0.270 e. The molecular formula is C20H26N4O4S. The van der Waals surface area contributed by atoms with E-state index in [-0.39, 0.29) is 29.1 Å². The molecule has 2 aromatic rings. The number of Topliss-reactive ketones (excluding diaryl/α,β-unsaturated/α-hetero) is 1. The van der Waals surface area contributed by atoms with Crippen LogP contribution in [0.5, 0.6) is 0 Å². The maximum absolute atomic E-state index is 12.7. The molecule has 0 aliphatic heterocycles. The minimum absolute atomic E-state index is 0.124. The lowest BCUT2D eigenvalue weighted by Crippen LogP contribution is -2.33. The van der Waals surface area contributed by atoms with Gasteiger partial charge in [0, 0.05) is 31.1 Å². The van der Waals surface area contributed by atoms with Gasteiger partial charge in [-0.25, -0.2) is 13.4 Å². The summed E-state index contributed by atoms with van der Waals surface area (Å²) in [5.41, 5.74) is 0.624. The lowest BCUT2D eigenvalue weighted by atomic mass is 9.80. The molecule has 1 fully saturated rings. The van der Waals surface area contributed by atoms with Gasteiger partial charge in [-0.05, 0) is 56.7 Å². The molecule has 3 rings (SSSR count). The maximum atomic E-state index is 12.7. The number of pyridine rings is 2. The van der Waals surface area contributed by atoms with E-state index in [2.05, 4.69) is 15.3 Å². The van der Waals surface area contributed by atoms with Crippen LogP contribution in [0.2, 0.25) is 0 Å². The number of anilines is 1. The van der Waals surface area contributed by atoms with Crippen molar-refractivity contribution in [1.29, 1.82) is 0 Å². The summed E-state index contributed by atoms with van der Waals surface area (Å²) in [6.07, 6.45) is 6.19. The number of nitrogens with zero attached hydrogens (tertiary/aromatic N) is 3. The molecule has 0 unspecified atom stereocenters. The topological polar surface area (TPSA) is 109 Å². The fraction of sp³-hybridized carbons (Fsp3) is 0.500. The van der Waals surface area contributed by atoms with Crippen LogP contribution >= 0.6 is 0 Å². The molecule has 1 aliphatic carbocycles. The van der Waals surface area contributed by atoms with Crippen molar-refractivity contribution in [2.75, 3.05) is 24.2 Å². The van der Waals surface area contributed by atoms with Crippen molar-refractivity contribution in [2.45, 2.75) is 32.6 Å². The number of amides is 1. The standard InChI is InChI=1S/C20H26N4O4S/c1-13(25)15-8-6-14(7-9-15)12-22-20(26)18-11-17-16(5-4-10-21-17)19(23-18)24(2)29(3,27)28/h4-5,10-11,14-15H,6-9,12H2,1-3H3,(H,22,26). The van der Waals surface area contributed by atoms with Gasteiger partial charge >= 0.3 is 0 Å². The molecule has 9 heteroatoms. The van der Waals surface area contributed by atoms with E-state index in [1.165, 1.54) is 7.05 Å². The second kappa shape index (κ2) is 8.44. The van der Waals surface area contributed by atoms with Crippen molar-refractivity contribution in [3.63, 3.8) is 0 Å². The Morgan fingerprint density at radius 2 is 1.93 bits per heavy atom. The smallest absolute Gasteiger partial charge is 0.270 e. The molecule has 1 amide bonds. The van der Waals surface area contributed by atoms with Crippen LogP contribution in [0.4, 0.5) is 5.82 Å². The molecule has 0 radical (unpaired) electrons. The van der Waals surface area contributed by atoms with Crippen LogP contribution in [0.15, 0.2) is 24.4 Å². The highest BCUT2D eigenvalue weighted by molar-refractivity contribution is 7.92. The summed E-state index contributed by atoms with van der Waals surface area (Å²) in [6, 6.07) is 4.99. The molecule has 2 aromatic heterocycles. The highest BCUT2D eigenvalue weighted by atomic mass is 32.2. The third kappa shape index (κ3) is 4.90. The first-order valence-corrected chi connectivity index (χ1v) is 11.5. The summed E-state index contributed by atoms with van der Waals surface area (Å²) in [7, 11) is -2.15. The summed E-state index contributed by atoms with van der Waals surface area (Å²) in [5.74, 6) is 0.512. The molecule has 8 nitrogen and oxygen atoms in total. The van der Waals surface area contributed by atoms with Crippen LogP contribution < -0.4 is 9.62 Å². The monoisotopic (exact) mass is 418 g/mol. The van der Waals surface area contributed by atoms with E-state index in [0.717, 1.165) is 36.2 Å². The van der Waals surface area contributed by atoms with Gasteiger partial charge in [0.1, 0.15) is 11.5 Å². The highest BCUT2D eigenvalue weighted by Crippen LogP contribution is 2.29. The molecule has 1 aliphatic rings. The second-order valence-corrected chi connectivity index (χ2v) is 9.68. The molecule has 0 bridgehead atoms. The van der Waals surface area contributed by atoms with Gasteiger partial charge in [0.05, 0.1) is 11.8 Å². The number of hydrogen-bond donors (Lipinski definition) is 1. The number of carbonyl (C=O) groups excluding carboxylic acids is 2. The SMILES string of the molecule is CC(=O)C1CCC(CNC(=O)c2cc3ncccc3c(N(C)S(C)(=O)=O)n2)CC1. The van der Waals surface area contributed by atoms with Crippen LogP contribution in [0.1, 0.15) is 43.1 Å². The summed E-state index contributed by atoms with van der Waals surface area (Å²) in [4.78, 5) is 32.8. The Bertz CT molecular complexity index is 1030. The van der Waals surface area contributed by atoms with Crippen molar-refractivity contribution in [3.8, 4) is 0 Å². The fourth-order valence-corrected chi connectivity index (χ4v) is 4.13. The first-order chi connectivity index (χ1) is 13.7. The highest BCUT2D eigenvalue weighted by Gasteiger charge is 2.25. The van der Waals surface area contributed by atoms with Gasteiger partial charge in [0.25, 0.3) is 5.91 Å². The van der Waals surface area contributed by atoms with Crippen LogP contribution in [-0.4, -0.2) is 49.9 Å². The number of aromatic nitrogens is 2. The Hall–Kier alpha value is -2.55. The Morgan fingerprint density at radius 3 is 2.55 bits per heavy atom. The first kappa shape index (κ1) is 21.2. The molecule has 1 N–H and O–H groups in total. The number of nitrogens with one attached hydrogen (secondary N) is 1. The number of fused-ring (bicyclic) bond motifs is 1. The average Bonchev–Trinajstić information content (AvgIpc) is 2.70. The molecule has 1 saturated carbocycles. The minimum Gasteiger partial charge on any atom is -0.350 e. The molecule has 29 heavy (non-hydrogen) atoms. The van der Waals surface area contributed by atoms with E-state index in [4.69, 9.17) is 0 Å². The van der Waals surface area contributed by atoms with Crippen molar-refractivity contribution in [3.05, 3.63) is 30.1 Å². The molecule has 0 spiro atoms. The minimum atomic E-state index is -3.55. The summed E-state index contributed by atoms with van der Waals surface area (Å²) in [6.45, 7) is 2.14. The largest absolute Gasteiger partial charge is 0.350 e. The van der Waals surface area contributed by atoms with E-state index in [1.807, 2.05) is 0 Å². The molecule has 156 valence electrons. The normalized spacial score (nSPS) is 19.7. The molecule has 0 aromatic carbocycles. The van der Waals surface area contributed by atoms with Gasteiger partial charge in [-0.1, -0.05) is 0 Å².